The first-order valence-electron chi connectivity index (χ1n) is 9.33. The molecule has 0 amide bonds. The standard InChI is InChI=1S/C23H21Cl2NO2/c1-2-23(17-8-10-18(25)11-9-17)20-14-26-22(12-19(20)21(13-24)28-23)27-15-16-6-4-3-5-7-16/h3-12,14,21H,2,13,15H2,1H3. The van der Waals surface area contributed by atoms with Crippen molar-refractivity contribution in [2.45, 2.75) is 31.7 Å². The molecule has 0 radical (unpaired) electrons. The van der Waals surface area contributed by atoms with E-state index in [2.05, 4.69) is 11.9 Å². The second-order valence-corrected chi connectivity index (χ2v) is 7.58. The highest BCUT2D eigenvalue weighted by atomic mass is 35.5. The number of hydrogen-bond acceptors (Lipinski definition) is 3. The zero-order valence-electron chi connectivity index (χ0n) is 15.6. The third kappa shape index (κ3) is 3.50. The molecule has 0 spiro atoms. The van der Waals surface area contributed by atoms with Crippen LogP contribution >= 0.6 is 23.2 Å². The molecule has 1 aromatic heterocycles. The molecule has 2 heterocycles. The number of nitrogens with zero attached hydrogens (tertiary/aromatic N) is 1. The molecule has 4 rings (SSSR count). The quantitative estimate of drug-likeness (QED) is 0.445. The van der Waals surface area contributed by atoms with Crippen LogP contribution in [0.25, 0.3) is 0 Å². The Morgan fingerprint density at radius 2 is 1.86 bits per heavy atom. The van der Waals surface area contributed by atoms with Crippen molar-refractivity contribution < 1.29 is 9.47 Å². The van der Waals surface area contributed by atoms with E-state index in [4.69, 9.17) is 32.7 Å². The normalized spacial score (nSPS) is 20.8. The Morgan fingerprint density at radius 1 is 1.11 bits per heavy atom. The fourth-order valence-electron chi connectivity index (χ4n) is 3.77. The predicted molar refractivity (Wildman–Crippen MR) is 112 cm³/mol. The summed E-state index contributed by atoms with van der Waals surface area (Å²) in [5.74, 6) is 0.939. The van der Waals surface area contributed by atoms with E-state index in [1.807, 2.05) is 66.9 Å². The first-order chi connectivity index (χ1) is 13.7. The van der Waals surface area contributed by atoms with Gasteiger partial charge in [0.15, 0.2) is 0 Å². The van der Waals surface area contributed by atoms with Crippen LogP contribution in [0.3, 0.4) is 0 Å². The fourth-order valence-corrected chi connectivity index (χ4v) is 4.13. The van der Waals surface area contributed by atoms with E-state index in [-0.39, 0.29) is 6.10 Å². The monoisotopic (exact) mass is 413 g/mol. The number of pyridine rings is 1. The van der Waals surface area contributed by atoms with Crippen LogP contribution in [0.15, 0.2) is 66.9 Å². The van der Waals surface area contributed by atoms with Gasteiger partial charge in [0, 0.05) is 22.8 Å². The molecule has 0 bridgehead atoms. The molecule has 2 atom stereocenters. The highest BCUT2D eigenvalue weighted by Gasteiger charge is 2.45. The zero-order valence-corrected chi connectivity index (χ0v) is 17.1. The summed E-state index contributed by atoms with van der Waals surface area (Å²) in [6, 6.07) is 19.8. The molecule has 2 unspecified atom stereocenters. The van der Waals surface area contributed by atoms with Crippen LogP contribution in [0.2, 0.25) is 5.02 Å². The average molecular weight is 414 g/mol. The molecular weight excluding hydrogens is 393 g/mol. The largest absolute Gasteiger partial charge is 0.473 e. The first kappa shape index (κ1) is 19.3. The molecule has 0 fully saturated rings. The van der Waals surface area contributed by atoms with Crippen LogP contribution < -0.4 is 4.74 Å². The van der Waals surface area contributed by atoms with Crippen LogP contribution in [0.4, 0.5) is 0 Å². The first-order valence-corrected chi connectivity index (χ1v) is 10.2. The van der Waals surface area contributed by atoms with Gasteiger partial charge in [-0.15, -0.1) is 11.6 Å². The molecule has 1 aliphatic rings. The fraction of sp³-hybridized carbons (Fsp3) is 0.261. The Hall–Kier alpha value is -2.07. The molecule has 0 N–H and O–H groups in total. The second kappa shape index (κ2) is 8.12. The third-order valence-electron chi connectivity index (χ3n) is 5.21. The lowest BCUT2D eigenvalue weighted by Crippen LogP contribution is -2.26. The highest BCUT2D eigenvalue weighted by Crippen LogP contribution is 2.50. The van der Waals surface area contributed by atoms with Gasteiger partial charge >= 0.3 is 0 Å². The number of alkyl halides is 1. The van der Waals surface area contributed by atoms with Crippen LogP contribution in [-0.2, 0) is 16.9 Å². The van der Waals surface area contributed by atoms with E-state index in [1.54, 1.807) is 0 Å². The summed E-state index contributed by atoms with van der Waals surface area (Å²) < 4.78 is 12.4. The summed E-state index contributed by atoms with van der Waals surface area (Å²) >= 11 is 12.3. The molecule has 3 aromatic rings. The van der Waals surface area contributed by atoms with Crippen molar-refractivity contribution in [3.8, 4) is 5.88 Å². The molecule has 2 aromatic carbocycles. The molecule has 5 heteroatoms. The predicted octanol–water partition coefficient (Wildman–Crippen LogP) is 6.28. The smallest absolute Gasteiger partial charge is 0.213 e. The number of hydrogen-bond donors (Lipinski definition) is 0. The summed E-state index contributed by atoms with van der Waals surface area (Å²) in [6.07, 6.45) is 2.41. The van der Waals surface area contributed by atoms with Gasteiger partial charge in [-0.1, -0.05) is 61.0 Å². The zero-order chi connectivity index (χ0) is 19.6. The van der Waals surface area contributed by atoms with E-state index < -0.39 is 5.60 Å². The van der Waals surface area contributed by atoms with Gasteiger partial charge in [0.1, 0.15) is 12.2 Å². The van der Waals surface area contributed by atoms with Crippen molar-refractivity contribution in [2.24, 2.45) is 0 Å². The molecule has 1 aliphatic heterocycles. The summed E-state index contributed by atoms with van der Waals surface area (Å²) in [5.41, 5.74) is 3.64. The summed E-state index contributed by atoms with van der Waals surface area (Å²) in [4.78, 5) is 4.55. The van der Waals surface area contributed by atoms with Crippen LogP contribution in [0, 0.1) is 0 Å². The maximum atomic E-state index is 6.49. The number of rotatable bonds is 6. The topological polar surface area (TPSA) is 31.4 Å². The number of halogens is 2. The molecule has 0 aliphatic carbocycles. The number of aromatic nitrogens is 1. The lowest BCUT2D eigenvalue weighted by Gasteiger charge is -2.30. The minimum atomic E-state index is -0.579. The molecular formula is C23H21Cl2NO2. The van der Waals surface area contributed by atoms with Crippen molar-refractivity contribution in [3.05, 3.63) is 94.1 Å². The minimum Gasteiger partial charge on any atom is -0.473 e. The van der Waals surface area contributed by atoms with E-state index >= 15 is 0 Å². The lowest BCUT2D eigenvalue weighted by atomic mass is 9.84. The number of ether oxygens (including phenoxy) is 2. The van der Waals surface area contributed by atoms with E-state index in [1.165, 1.54) is 0 Å². The van der Waals surface area contributed by atoms with Crippen LogP contribution in [0.1, 0.15) is 41.7 Å². The Labute approximate surface area is 175 Å². The SMILES string of the molecule is CCC1(c2ccc(Cl)cc2)OC(CCl)c2cc(OCc3ccccc3)ncc21. The van der Waals surface area contributed by atoms with Gasteiger partial charge in [0.25, 0.3) is 0 Å². The Kier molecular flexibility index (Phi) is 5.58. The van der Waals surface area contributed by atoms with E-state index in [9.17, 15) is 0 Å². The Morgan fingerprint density at radius 3 is 2.54 bits per heavy atom. The van der Waals surface area contributed by atoms with Gasteiger partial charge in [-0.25, -0.2) is 4.98 Å². The van der Waals surface area contributed by atoms with Crippen LogP contribution in [0.5, 0.6) is 5.88 Å². The Balaban J connectivity index is 1.67. The summed E-state index contributed by atoms with van der Waals surface area (Å²) in [6.45, 7) is 2.57. The van der Waals surface area contributed by atoms with Crippen molar-refractivity contribution in [1.29, 1.82) is 0 Å². The van der Waals surface area contributed by atoms with Gasteiger partial charge in [0.05, 0.1) is 12.0 Å². The second-order valence-electron chi connectivity index (χ2n) is 6.83. The molecule has 0 saturated carbocycles. The summed E-state index contributed by atoms with van der Waals surface area (Å²) in [5, 5.41) is 0.699. The molecule has 3 nitrogen and oxygen atoms in total. The van der Waals surface area contributed by atoms with E-state index in [0.29, 0.717) is 23.4 Å². The van der Waals surface area contributed by atoms with Crippen LogP contribution in [-0.4, -0.2) is 10.9 Å². The highest BCUT2D eigenvalue weighted by molar-refractivity contribution is 6.30. The Bertz CT molecular complexity index is 947. The van der Waals surface area contributed by atoms with Crippen molar-refractivity contribution in [1.82, 2.24) is 4.98 Å². The third-order valence-corrected chi connectivity index (χ3v) is 5.75. The lowest BCUT2D eigenvalue weighted by molar-refractivity contribution is -0.0417. The van der Waals surface area contributed by atoms with Gasteiger partial charge in [-0.05, 0) is 35.2 Å². The van der Waals surface area contributed by atoms with Gasteiger partial charge in [-0.2, -0.15) is 0 Å². The van der Waals surface area contributed by atoms with Crippen molar-refractivity contribution in [3.63, 3.8) is 0 Å². The molecule has 0 saturated heterocycles. The maximum absolute atomic E-state index is 6.49. The van der Waals surface area contributed by atoms with Crippen molar-refractivity contribution in [2.75, 3.05) is 5.88 Å². The van der Waals surface area contributed by atoms with E-state index in [0.717, 1.165) is 28.7 Å². The summed E-state index contributed by atoms with van der Waals surface area (Å²) in [7, 11) is 0. The van der Waals surface area contributed by atoms with Crippen molar-refractivity contribution >= 4 is 23.2 Å². The molecule has 144 valence electrons. The average Bonchev–Trinajstić information content (AvgIpc) is 3.08. The number of fused-ring (bicyclic) bond motifs is 1. The maximum Gasteiger partial charge on any atom is 0.213 e. The molecule has 28 heavy (non-hydrogen) atoms. The van der Waals surface area contributed by atoms with Gasteiger partial charge in [0.2, 0.25) is 5.88 Å². The minimum absolute atomic E-state index is 0.214. The van der Waals surface area contributed by atoms with Gasteiger partial charge in [-0.3, -0.25) is 0 Å². The number of benzene rings is 2. The van der Waals surface area contributed by atoms with Gasteiger partial charge < -0.3 is 9.47 Å².